The van der Waals surface area contributed by atoms with Crippen molar-refractivity contribution in [2.24, 2.45) is 0 Å². The van der Waals surface area contributed by atoms with Gasteiger partial charge in [-0.05, 0) is 19.3 Å². The molecule has 0 saturated carbocycles. The van der Waals surface area contributed by atoms with Crippen molar-refractivity contribution in [2.75, 3.05) is 33.5 Å². The predicted octanol–water partition coefficient (Wildman–Crippen LogP) is 0.192. The number of methoxy groups -OCH3 is 1. The Hall–Kier alpha value is -0.610. The Labute approximate surface area is 79.2 Å². The van der Waals surface area contributed by atoms with Crippen molar-refractivity contribution in [2.45, 2.75) is 19.3 Å². The fraction of sp³-hybridized carbons (Fsp3) is 0.889. The number of nitrogens with one attached hydrogen (secondary N) is 1. The molecule has 0 aromatic carbocycles. The first-order valence-corrected chi connectivity index (χ1v) is 4.82. The van der Waals surface area contributed by atoms with Crippen LogP contribution in [0.25, 0.3) is 0 Å². The van der Waals surface area contributed by atoms with Crippen molar-refractivity contribution < 1.29 is 9.53 Å². The van der Waals surface area contributed by atoms with E-state index in [1.807, 2.05) is 4.90 Å². The highest BCUT2D eigenvalue weighted by Gasteiger charge is 2.17. The molecule has 1 fully saturated rings. The molecule has 0 bridgehead atoms. The number of hydrogen-bond donors (Lipinski definition) is 1. The first kappa shape index (κ1) is 10.5. The van der Waals surface area contributed by atoms with Crippen molar-refractivity contribution in [3.05, 3.63) is 0 Å². The zero-order chi connectivity index (χ0) is 9.52. The third-order valence-electron chi connectivity index (χ3n) is 2.21. The van der Waals surface area contributed by atoms with E-state index in [4.69, 9.17) is 4.74 Å². The molecule has 1 N–H and O–H groups in total. The lowest BCUT2D eigenvalue weighted by Crippen LogP contribution is -2.27. The lowest BCUT2D eigenvalue weighted by molar-refractivity contribution is -0.126. The van der Waals surface area contributed by atoms with Crippen LogP contribution >= 0.6 is 0 Å². The van der Waals surface area contributed by atoms with Crippen LogP contribution in [-0.4, -0.2) is 44.3 Å². The minimum absolute atomic E-state index is 0.228. The summed E-state index contributed by atoms with van der Waals surface area (Å²) in [6, 6.07) is 0. The lowest BCUT2D eigenvalue weighted by atomic mass is 10.2. The summed E-state index contributed by atoms with van der Waals surface area (Å²) in [5.41, 5.74) is 0. The first-order valence-electron chi connectivity index (χ1n) is 4.82. The van der Waals surface area contributed by atoms with Gasteiger partial charge in [-0.1, -0.05) is 0 Å². The summed E-state index contributed by atoms with van der Waals surface area (Å²) in [6.07, 6.45) is 3.31. The summed E-state index contributed by atoms with van der Waals surface area (Å²) < 4.78 is 4.94. The van der Waals surface area contributed by atoms with E-state index in [1.165, 1.54) is 0 Å². The van der Waals surface area contributed by atoms with Gasteiger partial charge in [0.25, 0.3) is 0 Å². The number of ether oxygens (including phenoxy) is 1. The Balaban J connectivity index is 1.96. The fourth-order valence-corrected chi connectivity index (χ4v) is 1.43. The van der Waals surface area contributed by atoms with Crippen LogP contribution in [0.5, 0.6) is 0 Å². The maximum absolute atomic E-state index is 11.1. The quantitative estimate of drug-likeness (QED) is 0.602. The molecule has 1 saturated heterocycles. The van der Waals surface area contributed by atoms with Gasteiger partial charge in [-0.25, -0.2) is 0 Å². The van der Waals surface area contributed by atoms with Crippen LogP contribution in [0.4, 0.5) is 0 Å². The van der Waals surface area contributed by atoms with Crippen LogP contribution in [0.2, 0.25) is 0 Å². The number of carbonyl (C=O) groups excluding carboxylic acids is 1. The fourth-order valence-electron chi connectivity index (χ4n) is 1.43. The number of unbranched alkanes of at least 4 members (excludes halogenated alkanes) is 2. The minimum Gasteiger partial charge on any atom is -0.385 e. The van der Waals surface area contributed by atoms with Crippen molar-refractivity contribution in [3.8, 4) is 0 Å². The molecule has 1 aliphatic rings. The van der Waals surface area contributed by atoms with Crippen LogP contribution in [-0.2, 0) is 9.53 Å². The van der Waals surface area contributed by atoms with Gasteiger partial charge < -0.3 is 9.64 Å². The maximum Gasteiger partial charge on any atom is 0.237 e. The molecular weight excluding hydrogens is 168 g/mol. The van der Waals surface area contributed by atoms with E-state index in [9.17, 15) is 4.79 Å². The van der Waals surface area contributed by atoms with Crippen molar-refractivity contribution in [1.82, 2.24) is 10.2 Å². The molecule has 0 aromatic heterocycles. The molecule has 4 heteroatoms. The lowest BCUT2D eigenvalue weighted by Gasteiger charge is -2.13. The minimum atomic E-state index is 0.228. The molecule has 1 heterocycles. The largest absolute Gasteiger partial charge is 0.385 e. The molecule has 0 unspecified atom stereocenters. The normalized spacial score (nSPS) is 17.0. The van der Waals surface area contributed by atoms with Gasteiger partial charge in [-0.15, -0.1) is 0 Å². The third kappa shape index (κ3) is 3.74. The van der Waals surface area contributed by atoms with Crippen molar-refractivity contribution in [1.29, 1.82) is 0 Å². The number of rotatable bonds is 6. The molecule has 0 atom stereocenters. The van der Waals surface area contributed by atoms with Crippen LogP contribution in [0.3, 0.4) is 0 Å². The molecule has 76 valence electrons. The average Bonchev–Trinajstić information content (AvgIpc) is 2.52. The van der Waals surface area contributed by atoms with E-state index in [1.54, 1.807) is 7.11 Å². The maximum atomic E-state index is 11.1. The number of nitrogens with zero attached hydrogens (tertiary/aromatic N) is 1. The summed E-state index contributed by atoms with van der Waals surface area (Å²) in [5, 5.41) is 3.03. The van der Waals surface area contributed by atoms with Gasteiger partial charge in [0.2, 0.25) is 5.91 Å². The van der Waals surface area contributed by atoms with Gasteiger partial charge in [-0.2, -0.15) is 0 Å². The molecule has 1 aliphatic heterocycles. The van der Waals surface area contributed by atoms with Gasteiger partial charge in [0.15, 0.2) is 0 Å². The molecule has 0 aliphatic carbocycles. The summed E-state index contributed by atoms with van der Waals surface area (Å²) in [4.78, 5) is 13.0. The Morgan fingerprint density at radius 2 is 2.31 bits per heavy atom. The molecule has 4 nitrogen and oxygen atoms in total. The zero-order valence-electron chi connectivity index (χ0n) is 8.21. The predicted molar refractivity (Wildman–Crippen MR) is 50.3 cm³/mol. The smallest absolute Gasteiger partial charge is 0.237 e. The van der Waals surface area contributed by atoms with Crippen LogP contribution in [0.15, 0.2) is 0 Å². The summed E-state index contributed by atoms with van der Waals surface area (Å²) in [7, 11) is 1.72. The van der Waals surface area contributed by atoms with Crippen LogP contribution in [0, 0.1) is 0 Å². The van der Waals surface area contributed by atoms with Crippen LogP contribution in [0.1, 0.15) is 19.3 Å². The molecule has 1 rings (SSSR count). The van der Waals surface area contributed by atoms with E-state index in [0.29, 0.717) is 6.54 Å². The number of carbonyl (C=O) groups is 1. The molecule has 1 amide bonds. The van der Waals surface area contributed by atoms with Crippen molar-refractivity contribution >= 4 is 5.91 Å². The Morgan fingerprint density at radius 1 is 1.46 bits per heavy atom. The number of hydrogen-bond acceptors (Lipinski definition) is 3. The van der Waals surface area contributed by atoms with E-state index in [2.05, 4.69) is 5.32 Å². The SMILES string of the molecule is COCCCCCN1CNCC1=O. The second-order valence-corrected chi connectivity index (χ2v) is 3.30. The van der Waals surface area contributed by atoms with Gasteiger partial charge in [0, 0.05) is 20.3 Å². The summed E-state index contributed by atoms with van der Waals surface area (Å²) in [5.74, 6) is 0.228. The molecule has 0 radical (unpaired) electrons. The van der Waals surface area contributed by atoms with E-state index in [0.717, 1.165) is 39.1 Å². The Bertz CT molecular complexity index is 162. The monoisotopic (exact) mass is 186 g/mol. The molecular formula is C9H18N2O2. The van der Waals surface area contributed by atoms with Crippen molar-refractivity contribution in [3.63, 3.8) is 0 Å². The van der Waals surface area contributed by atoms with Gasteiger partial charge in [0.1, 0.15) is 0 Å². The topological polar surface area (TPSA) is 41.6 Å². The zero-order valence-corrected chi connectivity index (χ0v) is 8.21. The van der Waals surface area contributed by atoms with E-state index < -0.39 is 0 Å². The highest BCUT2D eigenvalue weighted by molar-refractivity contribution is 5.79. The van der Waals surface area contributed by atoms with Gasteiger partial charge in [-0.3, -0.25) is 10.1 Å². The molecule has 0 aromatic rings. The standard InChI is InChI=1S/C9H18N2O2/c1-13-6-4-2-3-5-11-8-10-7-9(11)12/h10H,2-8H2,1H3. The summed E-state index contributed by atoms with van der Waals surface area (Å²) in [6.45, 7) is 2.95. The average molecular weight is 186 g/mol. The molecule has 13 heavy (non-hydrogen) atoms. The first-order chi connectivity index (χ1) is 6.34. The Kier molecular flexibility index (Phi) is 4.78. The van der Waals surface area contributed by atoms with Gasteiger partial charge >= 0.3 is 0 Å². The van der Waals surface area contributed by atoms with E-state index in [-0.39, 0.29) is 5.91 Å². The Morgan fingerprint density at radius 3 is 2.92 bits per heavy atom. The second kappa shape index (κ2) is 5.94. The van der Waals surface area contributed by atoms with Gasteiger partial charge in [0.05, 0.1) is 13.2 Å². The highest BCUT2D eigenvalue weighted by atomic mass is 16.5. The third-order valence-corrected chi connectivity index (χ3v) is 2.21. The summed E-state index contributed by atoms with van der Waals surface area (Å²) >= 11 is 0. The van der Waals surface area contributed by atoms with Crippen LogP contribution < -0.4 is 5.32 Å². The van der Waals surface area contributed by atoms with E-state index >= 15 is 0 Å². The second-order valence-electron chi connectivity index (χ2n) is 3.30. The highest BCUT2D eigenvalue weighted by Crippen LogP contribution is 2.01. The number of amides is 1. The molecule has 0 spiro atoms.